The zero-order valence-corrected chi connectivity index (χ0v) is 21.6. The third-order valence-electron chi connectivity index (χ3n) is 6.11. The molecule has 3 nitrogen and oxygen atoms in total. The summed E-state index contributed by atoms with van der Waals surface area (Å²) in [5.74, 6) is -0.316. The molecule has 0 N–H and O–H groups in total. The molecule has 1 aromatic heterocycles. The molecule has 10 heteroatoms. The minimum Gasteiger partial charge on any atom is -0.401 e. The minimum absolute atomic E-state index is 0.0170. The zero-order chi connectivity index (χ0) is 24.8. The van der Waals surface area contributed by atoms with Crippen molar-refractivity contribution in [1.29, 1.82) is 0 Å². The van der Waals surface area contributed by atoms with E-state index in [0.717, 1.165) is 0 Å². The molecule has 1 atom stereocenters. The molecule has 0 fully saturated rings. The van der Waals surface area contributed by atoms with Gasteiger partial charge in [0.1, 0.15) is 5.82 Å². The first kappa shape index (κ1) is 25.9. The first-order valence-corrected chi connectivity index (χ1v) is 14.1. The van der Waals surface area contributed by atoms with Crippen LogP contribution >= 0.6 is 23.8 Å². The fraction of sp³-hybridized carbons (Fsp3) is 0.435. The molecule has 0 saturated heterocycles. The van der Waals surface area contributed by atoms with Gasteiger partial charge in [0, 0.05) is 29.5 Å². The number of halogens is 5. The number of fused-ring (bicyclic) bond motifs is 1. The average molecular weight is 517 g/mol. The molecule has 0 bridgehead atoms. The van der Waals surface area contributed by atoms with E-state index in [-0.39, 0.29) is 29.4 Å². The van der Waals surface area contributed by atoms with Gasteiger partial charge in [0.2, 0.25) is 0 Å². The topological polar surface area (TPSA) is 34.5 Å². The highest BCUT2D eigenvalue weighted by Gasteiger charge is 2.51. The molecule has 0 aliphatic carbocycles. The highest BCUT2D eigenvalue weighted by atomic mass is 35.5. The van der Waals surface area contributed by atoms with Crippen LogP contribution in [0.25, 0.3) is 0 Å². The van der Waals surface area contributed by atoms with Crippen LogP contribution in [0.15, 0.2) is 35.5 Å². The number of alkyl halides is 3. The van der Waals surface area contributed by atoms with Crippen LogP contribution < -0.4 is 0 Å². The molecule has 0 amide bonds. The molecule has 1 unspecified atom stereocenters. The maximum atomic E-state index is 14.1. The van der Waals surface area contributed by atoms with E-state index in [1.807, 2.05) is 20.8 Å². The fourth-order valence-electron chi connectivity index (χ4n) is 3.25. The van der Waals surface area contributed by atoms with Gasteiger partial charge in [0.25, 0.3) is 0 Å². The SMILES string of the molecule is CC(C)(C)[Si](C)(C)OC(C1=Nc2nccc(C(=S)Cc3ccc(F)c(Cl)c3)c2C1)C(F)(F)F. The summed E-state index contributed by atoms with van der Waals surface area (Å²) in [6.45, 7) is 9.22. The molecule has 1 aliphatic heterocycles. The van der Waals surface area contributed by atoms with Gasteiger partial charge < -0.3 is 4.43 Å². The van der Waals surface area contributed by atoms with Crippen molar-refractivity contribution >= 4 is 48.5 Å². The number of nitrogens with zero attached hydrogens (tertiary/aromatic N) is 2. The Bertz CT molecular complexity index is 1110. The Morgan fingerprint density at radius 2 is 1.88 bits per heavy atom. The van der Waals surface area contributed by atoms with Crippen LogP contribution in [0, 0.1) is 5.82 Å². The quantitative estimate of drug-likeness (QED) is 0.173. The Hall–Kier alpha value is -1.68. The van der Waals surface area contributed by atoms with Crippen molar-refractivity contribution in [2.75, 3.05) is 0 Å². The molecule has 2 aromatic rings. The van der Waals surface area contributed by atoms with Gasteiger partial charge >= 0.3 is 6.18 Å². The van der Waals surface area contributed by atoms with E-state index in [1.165, 1.54) is 18.3 Å². The lowest BCUT2D eigenvalue weighted by molar-refractivity contribution is -0.176. The smallest absolute Gasteiger partial charge is 0.401 e. The van der Waals surface area contributed by atoms with E-state index in [4.69, 9.17) is 28.2 Å². The normalized spacial score (nSPS) is 15.3. The number of thiocarbonyl (C=S) groups is 1. The van der Waals surface area contributed by atoms with E-state index >= 15 is 0 Å². The summed E-state index contributed by atoms with van der Waals surface area (Å²) in [5, 5.41) is -0.416. The molecule has 178 valence electrons. The first-order valence-electron chi connectivity index (χ1n) is 10.4. The van der Waals surface area contributed by atoms with Crippen LogP contribution in [-0.4, -0.2) is 36.2 Å². The van der Waals surface area contributed by atoms with Gasteiger partial charge in [0.05, 0.1) is 10.7 Å². The van der Waals surface area contributed by atoms with Crippen molar-refractivity contribution in [2.24, 2.45) is 4.99 Å². The summed E-state index contributed by atoms with van der Waals surface area (Å²) < 4.78 is 61.4. The molecule has 0 radical (unpaired) electrons. The molecule has 3 rings (SSSR count). The van der Waals surface area contributed by atoms with Crippen molar-refractivity contribution in [3.8, 4) is 0 Å². The van der Waals surface area contributed by atoms with Gasteiger partial charge in [-0.25, -0.2) is 14.4 Å². The third-order valence-corrected chi connectivity index (χ3v) is 11.2. The van der Waals surface area contributed by atoms with Gasteiger partial charge in [0.15, 0.2) is 20.2 Å². The molecule has 33 heavy (non-hydrogen) atoms. The maximum absolute atomic E-state index is 14.1. The van der Waals surface area contributed by atoms with Gasteiger partial charge in [-0.05, 0) is 47.5 Å². The number of pyridine rings is 1. The Morgan fingerprint density at radius 1 is 1.21 bits per heavy atom. The van der Waals surface area contributed by atoms with E-state index in [9.17, 15) is 17.6 Å². The largest absolute Gasteiger partial charge is 0.418 e. The fourth-order valence-corrected chi connectivity index (χ4v) is 5.02. The predicted octanol–water partition coefficient (Wildman–Crippen LogP) is 7.42. The Kier molecular flexibility index (Phi) is 7.20. The molecular formula is C23H25ClF4N2OSSi. The summed E-state index contributed by atoms with van der Waals surface area (Å²) in [6.07, 6.45) is -5.01. The van der Waals surface area contributed by atoms with Crippen molar-refractivity contribution in [3.05, 3.63) is 58.0 Å². The Labute approximate surface area is 202 Å². The van der Waals surface area contributed by atoms with Crippen LogP contribution in [0.2, 0.25) is 23.2 Å². The lowest BCUT2D eigenvalue weighted by atomic mass is 9.97. The van der Waals surface area contributed by atoms with Crippen LogP contribution in [0.3, 0.4) is 0 Å². The zero-order valence-electron chi connectivity index (χ0n) is 19.0. The summed E-state index contributed by atoms with van der Waals surface area (Å²) in [7, 11) is -2.74. The standard InChI is InChI=1S/C23H25ClF4N2OSSi/c1-22(2,3)33(4,5)31-20(23(26,27)28)18-12-15-14(8-9-29-21(15)30-18)19(32)11-13-6-7-17(25)16(24)10-13/h6-10,20H,11-12H2,1-5H3. The van der Waals surface area contributed by atoms with Gasteiger partial charge in [-0.2, -0.15) is 13.2 Å². The van der Waals surface area contributed by atoms with Crippen LogP contribution in [0.4, 0.5) is 23.4 Å². The van der Waals surface area contributed by atoms with Crippen molar-refractivity contribution in [3.63, 3.8) is 0 Å². The molecule has 0 saturated carbocycles. The highest BCUT2D eigenvalue weighted by Crippen LogP contribution is 2.41. The van der Waals surface area contributed by atoms with Crippen molar-refractivity contribution in [1.82, 2.24) is 4.98 Å². The van der Waals surface area contributed by atoms with Crippen LogP contribution in [-0.2, 0) is 17.3 Å². The number of rotatable bonds is 6. The molecule has 1 aliphatic rings. The number of hydrogen-bond donors (Lipinski definition) is 0. The lowest BCUT2D eigenvalue weighted by Gasteiger charge is -2.39. The molecule has 1 aromatic carbocycles. The maximum Gasteiger partial charge on any atom is 0.418 e. The predicted molar refractivity (Wildman–Crippen MR) is 130 cm³/mol. The van der Waals surface area contributed by atoms with Crippen LogP contribution in [0.5, 0.6) is 0 Å². The second-order valence-electron chi connectivity index (χ2n) is 9.59. The first-order chi connectivity index (χ1) is 15.1. The monoisotopic (exact) mass is 516 g/mol. The Balaban J connectivity index is 1.88. The summed E-state index contributed by atoms with van der Waals surface area (Å²) in [4.78, 5) is 8.87. The van der Waals surface area contributed by atoms with Gasteiger partial charge in [-0.15, -0.1) is 0 Å². The van der Waals surface area contributed by atoms with E-state index < -0.39 is 31.5 Å². The minimum atomic E-state index is -4.61. The molecule has 2 heterocycles. The summed E-state index contributed by atoms with van der Waals surface area (Å²) in [5.41, 5.74) is 1.72. The van der Waals surface area contributed by atoms with Gasteiger partial charge in [-0.3, -0.25) is 0 Å². The third kappa shape index (κ3) is 5.70. The number of hydrogen-bond acceptors (Lipinski definition) is 4. The van der Waals surface area contributed by atoms with Crippen molar-refractivity contribution < 1.29 is 22.0 Å². The van der Waals surface area contributed by atoms with Gasteiger partial charge in [-0.1, -0.05) is 50.7 Å². The highest BCUT2D eigenvalue weighted by molar-refractivity contribution is 7.80. The second kappa shape index (κ2) is 9.17. The van der Waals surface area contributed by atoms with Crippen LogP contribution in [0.1, 0.15) is 37.5 Å². The molecule has 0 spiro atoms. The number of benzene rings is 1. The number of aliphatic imine (C=N–C) groups is 1. The summed E-state index contributed by atoms with van der Waals surface area (Å²) >= 11 is 11.4. The molecular weight excluding hydrogens is 492 g/mol. The average Bonchev–Trinajstić information content (AvgIpc) is 3.11. The lowest BCUT2D eigenvalue weighted by Crippen LogP contribution is -2.51. The van der Waals surface area contributed by atoms with E-state index in [1.54, 1.807) is 25.2 Å². The van der Waals surface area contributed by atoms with Crippen molar-refractivity contribution in [2.45, 2.75) is 64.0 Å². The Morgan fingerprint density at radius 3 is 2.45 bits per heavy atom. The summed E-state index contributed by atoms with van der Waals surface area (Å²) in [6, 6.07) is 5.98. The van der Waals surface area contributed by atoms with E-state index in [0.29, 0.717) is 21.6 Å². The number of aromatic nitrogens is 1. The van der Waals surface area contributed by atoms with E-state index in [2.05, 4.69) is 9.98 Å². The second-order valence-corrected chi connectivity index (χ2v) is 15.2.